The van der Waals surface area contributed by atoms with E-state index in [-0.39, 0.29) is 0 Å². The highest BCUT2D eigenvalue weighted by Crippen LogP contribution is 2.30. The van der Waals surface area contributed by atoms with Gasteiger partial charge in [0.25, 0.3) is 0 Å². The summed E-state index contributed by atoms with van der Waals surface area (Å²) in [4.78, 5) is 2.45. The van der Waals surface area contributed by atoms with Crippen LogP contribution in [0.4, 0.5) is 0 Å². The van der Waals surface area contributed by atoms with Crippen molar-refractivity contribution in [3.8, 4) is 16.5 Å². The summed E-state index contributed by atoms with van der Waals surface area (Å²) in [6.07, 6.45) is 0. The third kappa shape index (κ3) is 1.93. The molecule has 1 aromatic carbocycles. The van der Waals surface area contributed by atoms with Crippen LogP contribution < -0.4 is 0 Å². The second-order valence-corrected chi connectivity index (χ2v) is 4.86. The zero-order valence-electron chi connectivity index (χ0n) is 8.74. The van der Waals surface area contributed by atoms with Gasteiger partial charge in [-0.3, -0.25) is 0 Å². The van der Waals surface area contributed by atoms with E-state index < -0.39 is 0 Å². The second kappa shape index (κ2) is 3.88. The van der Waals surface area contributed by atoms with E-state index >= 15 is 0 Å². The van der Waals surface area contributed by atoms with Gasteiger partial charge in [0.05, 0.1) is 11.6 Å². The quantitative estimate of drug-likeness (QED) is 0.704. The minimum atomic E-state index is 0.752. The number of hydrogen-bond donors (Lipinski definition) is 0. The summed E-state index contributed by atoms with van der Waals surface area (Å²) in [6.45, 7) is 4.13. The van der Waals surface area contributed by atoms with Gasteiger partial charge in [-0.05, 0) is 38.1 Å². The number of nitrogens with zero attached hydrogens (tertiary/aromatic N) is 1. The van der Waals surface area contributed by atoms with Gasteiger partial charge in [0.1, 0.15) is 0 Å². The van der Waals surface area contributed by atoms with Gasteiger partial charge in [-0.15, -0.1) is 11.3 Å². The largest absolute Gasteiger partial charge is 0.192 e. The van der Waals surface area contributed by atoms with Crippen LogP contribution in [0.2, 0.25) is 0 Å². The lowest BCUT2D eigenvalue weighted by Crippen LogP contribution is -1.82. The predicted octanol–water partition coefficient (Wildman–Crippen LogP) is 3.90. The minimum absolute atomic E-state index is 0.752. The van der Waals surface area contributed by atoms with Crippen molar-refractivity contribution in [1.82, 2.24) is 0 Å². The maximum atomic E-state index is 9.03. The molecule has 74 valence electrons. The molecular formula is C13H11NS. The van der Waals surface area contributed by atoms with Crippen molar-refractivity contribution in [3.05, 3.63) is 46.3 Å². The molecule has 2 rings (SSSR count). The first kappa shape index (κ1) is 9.95. The normalized spacial score (nSPS) is 9.93. The van der Waals surface area contributed by atoms with E-state index in [1.165, 1.54) is 15.3 Å². The van der Waals surface area contributed by atoms with E-state index in [0.29, 0.717) is 0 Å². The van der Waals surface area contributed by atoms with Crippen molar-refractivity contribution in [3.63, 3.8) is 0 Å². The number of hydrogen-bond acceptors (Lipinski definition) is 2. The van der Waals surface area contributed by atoms with Gasteiger partial charge in [0.15, 0.2) is 0 Å². The third-order valence-electron chi connectivity index (χ3n) is 2.30. The number of nitriles is 1. The first-order valence-electron chi connectivity index (χ1n) is 4.78. The number of rotatable bonds is 1. The Labute approximate surface area is 93.6 Å². The SMILES string of the molecule is Cc1ccc(C#N)c(-c2ccc(C)s2)c1. The molecule has 0 bridgehead atoms. The molecule has 0 spiro atoms. The summed E-state index contributed by atoms with van der Waals surface area (Å²) < 4.78 is 0. The molecular weight excluding hydrogens is 202 g/mol. The molecule has 15 heavy (non-hydrogen) atoms. The van der Waals surface area contributed by atoms with Crippen molar-refractivity contribution in [1.29, 1.82) is 5.26 Å². The van der Waals surface area contributed by atoms with E-state index in [9.17, 15) is 0 Å². The van der Waals surface area contributed by atoms with Crippen molar-refractivity contribution in [2.45, 2.75) is 13.8 Å². The summed E-state index contributed by atoms with van der Waals surface area (Å²) in [5, 5.41) is 9.03. The Morgan fingerprint density at radius 2 is 1.93 bits per heavy atom. The fraction of sp³-hybridized carbons (Fsp3) is 0.154. The summed E-state index contributed by atoms with van der Waals surface area (Å²) in [7, 11) is 0. The van der Waals surface area contributed by atoms with Crippen LogP contribution in [0.1, 0.15) is 16.0 Å². The van der Waals surface area contributed by atoms with Gasteiger partial charge in [-0.25, -0.2) is 0 Å². The van der Waals surface area contributed by atoms with E-state index in [1.807, 2.05) is 19.1 Å². The zero-order valence-corrected chi connectivity index (χ0v) is 9.56. The van der Waals surface area contributed by atoms with Crippen molar-refractivity contribution in [2.75, 3.05) is 0 Å². The molecule has 1 nitrogen and oxygen atoms in total. The highest BCUT2D eigenvalue weighted by atomic mass is 32.1. The van der Waals surface area contributed by atoms with Crippen molar-refractivity contribution in [2.24, 2.45) is 0 Å². The Kier molecular flexibility index (Phi) is 2.57. The lowest BCUT2D eigenvalue weighted by Gasteiger charge is -2.02. The van der Waals surface area contributed by atoms with Crippen molar-refractivity contribution >= 4 is 11.3 Å². The van der Waals surface area contributed by atoms with Crippen LogP contribution in [0.5, 0.6) is 0 Å². The molecule has 0 aliphatic heterocycles. The molecule has 0 aliphatic rings. The van der Waals surface area contributed by atoms with Gasteiger partial charge >= 0.3 is 0 Å². The van der Waals surface area contributed by atoms with Crippen LogP contribution in [0.15, 0.2) is 30.3 Å². The van der Waals surface area contributed by atoms with Crippen LogP contribution in [-0.4, -0.2) is 0 Å². The Balaban J connectivity index is 2.61. The van der Waals surface area contributed by atoms with Gasteiger partial charge in [-0.1, -0.05) is 11.6 Å². The molecule has 1 heterocycles. The summed E-state index contributed by atoms with van der Waals surface area (Å²) in [6, 6.07) is 12.3. The molecule has 0 atom stereocenters. The van der Waals surface area contributed by atoms with Crippen LogP contribution in [0.3, 0.4) is 0 Å². The van der Waals surface area contributed by atoms with E-state index in [1.54, 1.807) is 11.3 Å². The Bertz CT molecular complexity index is 532. The van der Waals surface area contributed by atoms with Gasteiger partial charge < -0.3 is 0 Å². The minimum Gasteiger partial charge on any atom is -0.192 e. The Morgan fingerprint density at radius 1 is 1.13 bits per heavy atom. The van der Waals surface area contributed by atoms with Crippen LogP contribution >= 0.6 is 11.3 Å². The second-order valence-electron chi connectivity index (χ2n) is 3.57. The lowest BCUT2D eigenvalue weighted by molar-refractivity contribution is 1.43. The highest BCUT2D eigenvalue weighted by molar-refractivity contribution is 7.15. The first-order valence-corrected chi connectivity index (χ1v) is 5.60. The molecule has 0 aliphatic carbocycles. The molecule has 1 aromatic heterocycles. The monoisotopic (exact) mass is 213 g/mol. The fourth-order valence-corrected chi connectivity index (χ4v) is 2.44. The topological polar surface area (TPSA) is 23.8 Å². The maximum absolute atomic E-state index is 9.03. The maximum Gasteiger partial charge on any atom is 0.0998 e. The Morgan fingerprint density at radius 3 is 2.53 bits per heavy atom. The number of aryl methyl sites for hydroxylation is 2. The van der Waals surface area contributed by atoms with E-state index in [0.717, 1.165) is 11.1 Å². The molecule has 0 radical (unpaired) electrons. The molecule has 0 fully saturated rings. The summed E-state index contributed by atoms with van der Waals surface area (Å²) in [5.74, 6) is 0. The molecule has 0 N–H and O–H groups in total. The van der Waals surface area contributed by atoms with Crippen LogP contribution in [0, 0.1) is 25.2 Å². The first-order chi connectivity index (χ1) is 7.20. The predicted molar refractivity (Wildman–Crippen MR) is 63.9 cm³/mol. The highest BCUT2D eigenvalue weighted by Gasteiger charge is 2.06. The van der Waals surface area contributed by atoms with Gasteiger partial charge in [-0.2, -0.15) is 5.26 Å². The summed E-state index contributed by atoms with van der Waals surface area (Å²) in [5.41, 5.74) is 2.99. The number of benzene rings is 1. The van der Waals surface area contributed by atoms with E-state index in [2.05, 4.69) is 31.2 Å². The van der Waals surface area contributed by atoms with E-state index in [4.69, 9.17) is 5.26 Å². The average Bonchev–Trinajstić information content (AvgIpc) is 2.65. The zero-order chi connectivity index (χ0) is 10.8. The lowest BCUT2D eigenvalue weighted by atomic mass is 10.0. The van der Waals surface area contributed by atoms with Gasteiger partial charge in [0.2, 0.25) is 0 Å². The smallest absolute Gasteiger partial charge is 0.0998 e. The molecule has 2 heteroatoms. The number of thiophene rings is 1. The van der Waals surface area contributed by atoms with Crippen LogP contribution in [-0.2, 0) is 0 Å². The molecule has 0 unspecified atom stereocenters. The third-order valence-corrected chi connectivity index (χ3v) is 3.34. The van der Waals surface area contributed by atoms with Crippen LogP contribution in [0.25, 0.3) is 10.4 Å². The Hall–Kier alpha value is -1.59. The van der Waals surface area contributed by atoms with Gasteiger partial charge in [0, 0.05) is 15.3 Å². The summed E-state index contributed by atoms with van der Waals surface area (Å²) >= 11 is 1.73. The molecule has 0 saturated heterocycles. The van der Waals surface area contributed by atoms with Crippen molar-refractivity contribution < 1.29 is 0 Å². The standard InChI is InChI=1S/C13H11NS/c1-9-3-5-11(8-14)12(7-9)13-6-4-10(2)15-13/h3-7H,1-2H3. The fourth-order valence-electron chi connectivity index (χ4n) is 1.54. The molecule has 2 aromatic rings. The molecule has 0 saturated carbocycles. The molecule has 0 amide bonds. The average molecular weight is 213 g/mol.